The van der Waals surface area contributed by atoms with E-state index in [9.17, 15) is 4.79 Å². The van der Waals surface area contributed by atoms with E-state index in [1.54, 1.807) is 13.8 Å². The fourth-order valence-electron chi connectivity index (χ4n) is 2.26. The molecule has 0 fully saturated rings. The second kappa shape index (κ2) is 6.18. The summed E-state index contributed by atoms with van der Waals surface area (Å²) in [7, 11) is 0. The predicted octanol–water partition coefficient (Wildman–Crippen LogP) is 5.23. The quantitative estimate of drug-likeness (QED) is 0.706. The van der Waals surface area contributed by atoms with Crippen molar-refractivity contribution in [1.82, 2.24) is 4.98 Å². The molecule has 23 heavy (non-hydrogen) atoms. The molecule has 118 valence electrons. The predicted molar refractivity (Wildman–Crippen MR) is 93.4 cm³/mol. The van der Waals surface area contributed by atoms with Crippen LogP contribution in [0.4, 0.5) is 5.13 Å². The van der Waals surface area contributed by atoms with Crippen LogP contribution in [-0.4, -0.2) is 10.9 Å². The first-order valence-electron chi connectivity index (χ1n) is 7.05. The lowest BCUT2D eigenvalue weighted by atomic mass is 10.1. The number of aromatic nitrogens is 1. The summed E-state index contributed by atoms with van der Waals surface area (Å²) >= 11 is 7.49. The SMILES string of the molecule is Cc1ccc(-c2csc(NC(=O)c3c(C)oc(C)c3Cl)n2)cc1. The number of hydrogen-bond acceptors (Lipinski definition) is 4. The van der Waals surface area contributed by atoms with Crippen LogP contribution in [0, 0.1) is 20.8 Å². The molecule has 0 saturated carbocycles. The number of nitrogens with one attached hydrogen (secondary N) is 1. The molecule has 0 unspecified atom stereocenters. The number of hydrogen-bond donors (Lipinski definition) is 1. The first kappa shape index (κ1) is 15.8. The van der Waals surface area contributed by atoms with Gasteiger partial charge in [0.2, 0.25) is 0 Å². The molecule has 0 saturated heterocycles. The topological polar surface area (TPSA) is 55.1 Å². The number of aryl methyl sites for hydroxylation is 3. The number of furan rings is 1. The van der Waals surface area contributed by atoms with E-state index >= 15 is 0 Å². The van der Waals surface area contributed by atoms with Crippen LogP contribution in [0.15, 0.2) is 34.1 Å². The van der Waals surface area contributed by atoms with Crippen molar-refractivity contribution in [2.75, 3.05) is 5.32 Å². The van der Waals surface area contributed by atoms with Gasteiger partial charge in [-0.3, -0.25) is 10.1 Å². The number of rotatable bonds is 3. The number of nitrogens with zero attached hydrogens (tertiary/aromatic N) is 1. The Labute approximate surface area is 143 Å². The minimum atomic E-state index is -0.311. The standard InChI is InChI=1S/C17H15ClN2O2S/c1-9-4-6-12(7-5-9)13-8-23-17(19-13)20-16(21)14-10(2)22-11(3)15(14)18/h4-8H,1-3H3,(H,19,20,21). The zero-order valence-electron chi connectivity index (χ0n) is 12.9. The number of carbonyl (C=O) groups excluding carboxylic acids is 1. The molecule has 4 nitrogen and oxygen atoms in total. The summed E-state index contributed by atoms with van der Waals surface area (Å²) in [6, 6.07) is 8.08. The Morgan fingerprint density at radius 3 is 2.48 bits per heavy atom. The molecular formula is C17H15ClN2O2S. The van der Waals surface area contributed by atoms with Gasteiger partial charge in [0.25, 0.3) is 5.91 Å². The van der Waals surface area contributed by atoms with Gasteiger partial charge in [0, 0.05) is 10.9 Å². The van der Waals surface area contributed by atoms with Crippen LogP contribution in [-0.2, 0) is 0 Å². The molecular weight excluding hydrogens is 332 g/mol. The van der Waals surface area contributed by atoms with Gasteiger partial charge in [-0.1, -0.05) is 41.4 Å². The van der Waals surface area contributed by atoms with Crippen molar-refractivity contribution in [2.45, 2.75) is 20.8 Å². The fraction of sp³-hybridized carbons (Fsp3) is 0.176. The monoisotopic (exact) mass is 346 g/mol. The van der Waals surface area contributed by atoms with E-state index < -0.39 is 0 Å². The molecule has 1 amide bonds. The number of thiazole rings is 1. The number of anilines is 1. The Morgan fingerprint density at radius 2 is 1.87 bits per heavy atom. The summed E-state index contributed by atoms with van der Waals surface area (Å²) < 4.78 is 5.38. The number of halogens is 1. The molecule has 2 aromatic heterocycles. The van der Waals surface area contributed by atoms with Crippen molar-refractivity contribution >= 4 is 34.0 Å². The maximum Gasteiger partial charge on any atom is 0.262 e. The third kappa shape index (κ3) is 3.16. The van der Waals surface area contributed by atoms with Crippen LogP contribution in [0.25, 0.3) is 11.3 Å². The van der Waals surface area contributed by atoms with Gasteiger partial charge >= 0.3 is 0 Å². The summed E-state index contributed by atoms with van der Waals surface area (Å²) in [5, 5.41) is 5.56. The van der Waals surface area contributed by atoms with Crippen molar-refractivity contribution in [3.05, 3.63) is 57.3 Å². The summed E-state index contributed by atoms with van der Waals surface area (Å²) in [5.74, 6) is 0.725. The van der Waals surface area contributed by atoms with E-state index in [0.717, 1.165) is 11.3 Å². The molecule has 0 aliphatic rings. The Balaban J connectivity index is 1.81. The molecule has 1 N–H and O–H groups in total. The average Bonchev–Trinajstić information content (AvgIpc) is 3.05. The minimum absolute atomic E-state index is 0.311. The van der Waals surface area contributed by atoms with Gasteiger partial charge in [0.15, 0.2) is 5.13 Å². The van der Waals surface area contributed by atoms with Gasteiger partial charge in [-0.2, -0.15) is 0 Å². The highest BCUT2D eigenvalue weighted by atomic mass is 35.5. The summed E-state index contributed by atoms with van der Waals surface area (Å²) in [5.41, 5.74) is 3.39. The molecule has 6 heteroatoms. The third-order valence-electron chi connectivity index (χ3n) is 3.49. The first-order chi connectivity index (χ1) is 11.0. The van der Waals surface area contributed by atoms with Crippen molar-refractivity contribution in [3.63, 3.8) is 0 Å². The molecule has 0 atom stereocenters. The van der Waals surface area contributed by atoms with Crippen LogP contribution in [0.3, 0.4) is 0 Å². The summed E-state index contributed by atoms with van der Waals surface area (Å²) in [6.07, 6.45) is 0. The van der Waals surface area contributed by atoms with Crippen molar-refractivity contribution in [2.24, 2.45) is 0 Å². The lowest BCUT2D eigenvalue weighted by Crippen LogP contribution is -2.12. The van der Waals surface area contributed by atoms with E-state index in [-0.39, 0.29) is 5.91 Å². The zero-order valence-corrected chi connectivity index (χ0v) is 14.5. The Hall–Kier alpha value is -2.11. The van der Waals surface area contributed by atoms with Crippen LogP contribution in [0.1, 0.15) is 27.4 Å². The highest BCUT2D eigenvalue weighted by Crippen LogP contribution is 2.29. The number of benzene rings is 1. The van der Waals surface area contributed by atoms with Crippen LogP contribution >= 0.6 is 22.9 Å². The smallest absolute Gasteiger partial charge is 0.262 e. The lowest BCUT2D eigenvalue weighted by molar-refractivity contribution is 0.102. The van der Waals surface area contributed by atoms with Gasteiger partial charge in [0.1, 0.15) is 11.5 Å². The molecule has 0 aliphatic heterocycles. The lowest BCUT2D eigenvalue weighted by Gasteiger charge is -2.01. The first-order valence-corrected chi connectivity index (χ1v) is 8.31. The van der Waals surface area contributed by atoms with E-state index in [1.165, 1.54) is 16.9 Å². The van der Waals surface area contributed by atoms with Gasteiger partial charge < -0.3 is 4.42 Å². The zero-order chi connectivity index (χ0) is 16.6. The number of amides is 1. The Kier molecular flexibility index (Phi) is 4.24. The summed E-state index contributed by atoms with van der Waals surface area (Å²) in [4.78, 5) is 16.8. The minimum Gasteiger partial charge on any atom is -0.464 e. The largest absolute Gasteiger partial charge is 0.464 e. The molecule has 3 aromatic rings. The maximum atomic E-state index is 12.4. The molecule has 3 rings (SSSR count). The highest BCUT2D eigenvalue weighted by molar-refractivity contribution is 7.14. The van der Waals surface area contributed by atoms with Gasteiger partial charge in [-0.15, -0.1) is 11.3 Å². The van der Waals surface area contributed by atoms with Crippen LogP contribution in [0.2, 0.25) is 5.02 Å². The van der Waals surface area contributed by atoms with Gasteiger partial charge in [-0.25, -0.2) is 4.98 Å². The Morgan fingerprint density at radius 1 is 1.17 bits per heavy atom. The van der Waals surface area contributed by atoms with Crippen LogP contribution < -0.4 is 5.32 Å². The highest BCUT2D eigenvalue weighted by Gasteiger charge is 2.21. The molecule has 0 radical (unpaired) electrons. The molecule has 0 bridgehead atoms. The molecule has 1 aromatic carbocycles. The number of carbonyl (C=O) groups is 1. The van der Waals surface area contributed by atoms with Gasteiger partial charge in [-0.05, 0) is 20.8 Å². The average molecular weight is 347 g/mol. The van der Waals surface area contributed by atoms with Gasteiger partial charge in [0.05, 0.1) is 16.3 Å². The van der Waals surface area contributed by atoms with E-state index in [1.807, 2.05) is 36.6 Å². The van der Waals surface area contributed by atoms with Crippen molar-refractivity contribution in [1.29, 1.82) is 0 Å². The van der Waals surface area contributed by atoms with E-state index in [0.29, 0.717) is 27.2 Å². The molecule has 2 heterocycles. The molecule has 0 aliphatic carbocycles. The van der Waals surface area contributed by atoms with Crippen molar-refractivity contribution < 1.29 is 9.21 Å². The van der Waals surface area contributed by atoms with Crippen molar-refractivity contribution in [3.8, 4) is 11.3 Å². The normalized spacial score (nSPS) is 10.8. The summed E-state index contributed by atoms with van der Waals surface area (Å²) in [6.45, 7) is 5.48. The Bertz CT molecular complexity index is 865. The maximum absolute atomic E-state index is 12.4. The van der Waals surface area contributed by atoms with E-state index in [2.05, 4.69) is 10.3 Å². The molecule has 0 spiro atoms. The van der Waals surface area contributed by atoms with E-state index in [4.69, 9.17) is 16.0 Å². The fourth-order valence-corrected chi connectivity index (χ4v) is 3.24. The van der Waals surface area contributed by atoms with Crippen LogP contribution in [0.5, 0.6) is 0 Å². The second-order valence-electron chi connectivity index (χ2n) is 5.26. The third-order valence-corrected chi connectivity index (χ3v) is 4.70. The second-order valence-corrected chi connectivity index (χ2v) is 6.50.